The van der Waals surface area contributed by atoms with Crippen molar-refractivity contribution in [2.45, 2.75) is 57.7 Å². The third-order valence-electron chi connectivity index (χ3n) is 6.64. The number of fused-ring (bicyclic) bond motifs is 2. The molecule has 3 aromatic heterocycles. The molecule has 0 amide bonds. The van der Waals surface area contributed by atoms with Crippen LogP contribution in [0.3, 0.4) is 0 Å². The zero-order valence-corrected chi connectivity index (χ0v) is 19.2. The maximum atomic E-state index is 10.2. The number of benzene rings is 1. The Labute approximate surface area is 192 Å². The number of aliphatic hydroxyl groups is 2. The van der Waals surface area contributed by atoms with Crippen LogP contribution in [0.15, 0.2) is 30.5 Å². The van der Waals surface area contributed by atoms with Gasteiger partial charge in [0.2, 0.25) is 11.8 Å². The molecule has 0 atom stereocenters. The van der Waals surface area contributed by atoms with E-state index < -0.39 is 5.60 Å². The van der Waals surface area contributed by atoms with Crippen LogP contribution in [-0.2, 0) is 6.54 Å². The Hall–Kier alpha value is -3.17. The van der Waals surface area contributed by atoms with Gasteiger partial charge in [-0.3, -0.25) is 0 Å². The standard InChI is InChI=1S/C24H30N6O3/c1-15-25-19-5-4-16(14-20(19)29(15)12-13-31)18-8-11-30-21(18)22(33-3)27-23(28-30)26-17-6-9-24(2,32)10-7-17/h4-5,8,11,14,17,31-32H,6-7,9-10,12-13H2,1-3H3,(H,26,28). The lowest BCUT2D eigenvalue weighted by atomic mass is 9.84. The molecular formula is C24H30N6O3. The Morgan fingerprint density at radius 3 is 2.73 bits per heavy atom. The second-order valence-electron chi connectivity index (χ2n) is 9.12. The van der Waals surface area contributed by atoms with Gasteiger partial charge in [0.15, 0.2) is 0 Å². The normalized spacial score (nSPS) is 21.1. The van der Waals surface area contributed by atoms with Crippen LogP contribution in [0.1, 0.15) is 38.4 Å². The monoisotopic (exact) mass is 450 g/mol. The Balaban J connectivity index is 1.51. The number of methoxy groups -OCH3 is 1. The maximum absolute atomic E-state index is 10.2. The molecule has 3 N–H and O–H groups in total. The SMILES string of the molecule is COc1nc(NC2CCC(C)(O)CC2)nn2ccc(-c3ccc4nc(C)n(CCO)c4c3)c12. The average molecular weight is 451 g/mol. The lowest BCUT2D eigenvalue weighted by molar-refractivity contribution is 0.0195. The second-order valence-corrected chi connectivity index (χ2v) is 9.12. The van der Waals surface area contributed by atoms with Crippen LogP contribution in [-0.4, -0.2) is 59.7 Å². The summed E-state index contributed by atoms with van der Waals surface area (Å²) in [4.78, 5) is 9.24. The van der Waals surface area contributed by atoms with Crippen molar-refractivity contribution in [3.8, 4) is 17.0 Å². The number of hydrogen-bond donors (Lipinski definition) is 3. The van der Waals surface area contributed by atoms with Gasteiger partial charge in [-0.15, -0.1) is 5.10 Å². The van der Waals surface area contributed by atoms with Gasteiger partial charge in [0.05, 0.1) is 30.4 Å². The van der Waals surface area contributed by atoms with Gasteiger partial charge < -0.3 is 24.8 Å². The molecule has 0 spiro atoms. The van der Waals surface area contributed by atoms with Crippen LogP contribution in [0.5, 0.6) is 5.88 Å². The van der Waals surface area contributed by atoms with Gasteiger partial charge in [-0.25, -0.2) is 9.50 Å². The number of aromatic nitrogens is 5. The third-order valence-corrected chi connectivity index (χ3v) is 6.64. The van der Waals surface area contributed by atoms with Gasteiger partial charge >= 0.3 is 0 Å². The Morgan fingerprint density at radius 2 is 2.00 bits per heavy atom. The number of aryl methyl sites for hydroxylation is 1. The van der Waals surface area contributed by atoms with Crippen LogP contribution in [0, 0.1) is 6.92 Å². The molecule has 9 nitrogen and oxygen atoms in total. The largest absolute Gasteiger partial charge is 0.479 e. The van der Waals surface area contributed by atoms with E-state index >= 15 is 0 Å². The molecule has 3 heterocycles. The van der Waals surface area contributed by atoms with Crippen molar-refractivity contribution in [2.24, 2.45) is 0 Å². The number of nitrogens with zero attached hydrogens (tertiary/aromatic N) is 5. The first kappa shape index (κ1) is 21.7. The predicted molar refractivity (Wildman–Crippen MR) is 127 cm³/mol. The minimum absolute atomic E-state index is 0.0572. The van der Waals surface area contributed by atoms with Gasteiger partial charge in [-0.1, -0.05) is 6.07 Å². The molecule has 0 unspecified atom stereocenters. The highest BCUT2D eigenvalue weighted by Crippen LogP contribution is 2.34. The van der Waals surface area contributed by atoms with Crippen LogP contribution >= 0.6 is 0 Å². The number of hydrogen-bond acceptors (Lipinski definition) is 7. The number of aliphatic hydroxyl groups excluding tert-OH is 1. The number of rotatable bonds is 6. The topological polar surface area (TPSA) is 110 Å². The van der Waals surface area contributed by atoms with Crippen LogP contribution in [0.2, 0.25) is 0 Å². The zero-order chi connectivity index (χ0) is 23.2. The first-order chi connectivity index (χ1) is 15.9. The first-order valence-electron chi connectivity index (χ1n) is 11.4. The number of ether oxygens (including phenoxy) is 1. The molecule has 1 aliphatic rings. The molecule has 0 saturated heterocycles. The fraction of sp³-hybridized carbons (Fsp3) is 0.458. The molecule has 1 aromatic carbocycles. The molecule has 9 heteroatoms. The van der Waals surface area contributed by atoms with Crippen LogP contribution < -0.4 is 10.1 Å². The molecule has 4 aromatic rings. The van der Waals surface area contributed by atoms with E-state index in [2.05, 4.69) is 26.4 Å². The summed E-state index contributed by atoms with van der Waals surface area (Å²) in [6.45, 7) is 4.40. The quantitative estimate of drug-likeness (QED) is 0.414. The predicted octanol–water partition coefficient (Wildman–Crippen LogP) is 3.16. The van der Waals surface area contributed by atoms with E-state index in [9.17, 15) is 10.2 Å². The summed E-state index contributed by atoms with van der Waals surface area (Å²) in [5.41, 5.74) is 4.05. The van der Waals surface area contributed by atoms with E-state index in [1.807, 2.05) is 42.8 Å². The van der Waals surface area contributed by atoms with Crippen molar-refractivity contribution in [3.05, 3.63) is 36.3 Å². The molecule has 33 heavy (non-hydrogen) atoms. The van der Waals surface area contributed by atoms with E-state index in [1.54, 1.807) is 11.6 Å². The van der Waals surface area contributed by atoms with Gasteiger partial charge in [-0.2, -0.15) is 4.98 Å². The first-order valence-corrected chi connectivity index (χ1v) is 11.4. The Bertz CT molecular complexity index is 1300. The Morgan fingerprint density at radius 1 is 1.21 bits per heavy atom. The summed E-state index contributed by atoms with van der Waals surface area (Å²) in [6.07, 6.45) is 5.16. The van der Waals surface area contributed by atoms with Crippen LogP contribution in [0.4, 0.5) is 5.95 Å². The van der Waals surface area contributed by atoms with E-state index in [0.717, 1.165) is 59.2 Å². The molecule has 174 valence electrons. The fourth-order valence-corrected chi connectivity index (χ4v) is 4.79. The number of imidazole rings is 1. The summed E-state index contributed by atoms with van der Waals surface area (Å²) in [7, 11) is 1.61. The number of anilines is 1. The highest BCUT2D eigenvalue weighted by Gasteiger charge is 2.29. The highest BCUT2D eigenvalue weighted by atomic mass is 16.5. The van der Waals surface area contributed by atoms with Gasteiger partial charge in [0.25, 0.3) is 0 Å². The molecule has 1 aliphatic carbocycles. The highest BCUT2D eigenvalue weighted by molar-refractivity contribution is 5.89. The average Bonchev–Trinajstić information content (AvgIpc) is 3.35. The van der Waals surface area contributed by atoms with Crippen molar-refractivity contribution in [1.29, 1.82) is 0 Å². The van der Waals surface area contributed by atoms with E-state index in [4.69, 9.17) is 4.74 Å². The molecular weight excluding hydrogens is 420 g/mol. The van der Waals surface area contributed by atoms with Crippen molar-refractivity contribution in [2.75, 3.05) is 19.0 Å². The molecule has 5 rings (SSSR count). The summed E-state index contributed by atoms with van der Waals surface area (Å²) in [6, 6.07) is 8.35. The second kappa shape index (κ2) is 8.31. The van der Waals surface area contributed by atoms with Crippen molar-refractivity contribution in [3.63, 3.8) is 0 Å². The Kier molecular flexibility index (Phi) is 5.46. The fourth-order valence-electron chi connectivity index (χ4n) is 4.79. The van der Waals surface area contributed by atoms with E-state index in [-0.39, 0.29) is 12.6 Å². The summed E-state index contributed by atoms with van der Waals surface area (Å²) in [5, 5.41) is 27.7. The molecule has 0 bridgehead atoms. The van der Waals surface area contributed by atoms with Crippen molar-refractivity contribution in [1.82, 2.24) is 24.1 Å². The lowest BCUT2D eigenvalue weighted by Crippen LogP contribution is -2.36. The zero-order valence-electron chi connectivity index (χ0n) is 19.2. The lowest BCUT2D eigenvalue weighted by Gasteiger charge is -2.33. The minimum Gasteiger partial charge on any atom is -0.479 e. The van der Waals surface area contributed by atoms with Crippen LogP contribution in [0.25, 0.3) is 27.7 Å². The smallest absolute Gasteiger partial charge is 0.244 e. The molecule has 0 radical (unpaired) electrons. The number of nitrogens with one attached hydrogen (secondary N) is 1. The minimum atomic E-state index is -0.581. The molecule has 0 aliphatic heterocycles. The van der Waals surface area contributed by atoms with E-state index in [0.29, 0.717) is 18.4 Å². The summed E-state index contributed by atoms with van der Waals surface area (Å²) < 4.78 is 9.48. The third kappa shape index (κ3) is 4.02. The summed E-state index contributed by atoms with van der Waals surface area (Å²) >= 11 is 0. The van der Waals surface area contributed by atoms with Gasteiger partial charge in [0, 0.05) is 24.3 Å². The van der Waals surface area contributed by atoms with Crippen molar-refractivity contribution < 1.29 is 14.9 Å². The maximum Gasteiger partial charge on any atom is 0.244 e. The molecule has 1 saturated carbocycles. The van der Waals surface area contributed by atoms with Gasteiger partial charge in [-0.05, 0) is 63.3 Å². The molecule has 1 fully saturated rings. The van der Waals surface area contributed by atoms with Gasteiger partial charge in [0.1, 0.15) is 11.3 Å². The summed E-state index contributed by atoms with van der Waals surface area (Å²) in [5.74, 6) is 1.88. The van der Waals surface area contributed by atoms with E-state index in [1.165, 1.54) is 0 Å². The van der Waals surface area contributed by atoms with Crippen molar-refractivity contribution >= 4 is 22.5 Å².